The molecule has 2 heterocycles. The summed E-state index contributed by atoms with van der Waals surface area (Å²) in [6.07, 6.45) is 6.20. The van der Waals surface area contributed by atoms with Crippen molar-refractivity contribution in [3.05, 3.63) is 18.0 Å². The number of ether oxygens (including phenoxy) is 1. The summed E-state index contributed by atoms with van der Waals surface area (Å²) in [6, 6.07) is 0.313. The summed E-state index contributed by atoms with van der Waals surface area (Å²) in [6.45, 7) is 5.75. The van der Waals surface area contributed by atoms with Crippen LogP contribution in [0.4, 0.5) is 10.7 Å². The molecule has 1 fully saturated rings. The minimum atomic E-state index is -0.213. The first-order valence-electron chi connectivity index (χ1n) is 7.22. The molecule has 0 atom stereocenters. The van der Waals surface area contributed by atoms with E-state index in [0.717, 1.165) is 24.8 Å². The number of aryl methyl sites for hydroxylation is 1. The van der Waals surface area contributed by atoms with E-state index in [1.165, 1.54) is 0 Å². The first-order valence-corrected chi connectivity index (χ1v) is 7.22. The lowest BCUT2D eigenvalue weighted by Crippen LogP contribution is -2.42. The number of hydrogen-bond donors (Lipinski definition) is 1. The molecule has 1 aliphatic heterocycles. The SMILES string of the molecule is CCOC(=O)N1CCC(Nc2ncc(CC)cn2)CC1. The van der Waals surface area contributed by atoms with Gasteiger partial charge in [0, 0.05) is 31.5 Å². The van der Waals surface area contributed by atoms with E-state index in [0.29, 0.717) is 31.7 Å². The number of carbonyl (C=O) groups excluding carboxylic acids is 1. The van der Waals surface area contributed by atoms with Gasteiger partial charge in [-0.15, -0.1) is 0 Å². The van der Waals surface area contributed by atoms with Gasteiger partial charge >= 0.3 is 6.09 Å². The van der Waals surface area contributed by atoms with Crippen molar-refractivity contribution in [1.82, 2.24) is 14.9 Å². The molecule has 0 radical (unpaired) electrons. The minimum Gasteiger partial charge on any atom is -0.450 e. The Morgan fingerprint density at radius 3 is 2.55 bits per heavy atom. The second kappa shape index (κ2) is 7.07. The smallest absolute Gasteiger partial charge is 0.409 e. The maximum Gasteiger partial charge on any atom is 0.409 e. The van der Waals surface area contributed by atoms with Crippen LogP contribution in [-0.4, -0.2) is 46.7 Å². The highest BCUT2D eigenvalue weighted by Crippen LogP contribution is 2.15. The molecule has 1 aliphatic rings. The number of anilines is 1. The average Bonchev–Trinajstić information content (AvgIpc) is 2.49. The van der Waals surface area contributed by atoms with Gasteiger partial charge in [-0.25, -0.2) is 14.8 Å². The average molecular weight is 278 g/mol. The summed E-state index contributed by atoms with van der Waals surface area (Å²) in [5.41, 5.74) is 1.13. The van der Waals surface area contributed by atoms with Gasteiger partial charge in [0.25, 0.3) is 0 Å². The van der Waals surface area contributed by atoms with Crippen LogP contribution in [-0.2, 0) is 11.2 Å². The number of aromatic nitrogens is 2. The molecule has 0 aromatic carbocycles. The minimum absolute atomic E-state index is 0.213. The number of hydrogen-bond acceptors (Lipinski definition) is 5. The van der Waals surface area contributed by atoms with E-state index >= 15 is 0 Å². The highest BCUT2D eigenvalue weighted by atomic mass is 16.6. The molecule has 110 valence electrons. The number of carbonyl (C=O) groups is 1. The van der Waals surface area contributed by atoms with Crippen molar-refractivity contribution in [2.24, 2.45) is 0 Å². The van der Waals surface area contributed by atoms with Crippen LogP contribution in [0.5, 0.6) is 0 Å². The van der Waals surface area contributed by atoms with Gasteiger partial charge < -0.3 is 15.0 Å². The Morgan fingerprint density at radius 1 is 1.35 bits per heavy atom. The van der Waals surface area contributed by atoms with Crippen LogP contribution in [0.2, 0.25) is 0 Å². The van der Waals surface area contributed by atoms with E-state index in [4.69, 9.17) is 4.74 Å². The van der Waals surface area contributed by atoms with Gasteiger partial charge in [0.05, 0.1) is 6.61 Å². The molecule has 6 nitrogen and oxygen atoms in total. The fraction of sp³-hybridized carbons (Fsp3) is 0.643. The Kier molecular flexibility index (Phi) is 5.15. The van der Waals surface area contributed by atoms with Crippen LogP contribution in [0.3, 0.4) is 0 Å². The monoisotopic (exact) mass is 278 g/mol. The van der Waals surface area contributed by atoms with Gasteiger partial charge in [0.15, 0.2) is 0 Å². The Labute approximate surface area is 119 Å². The molecular formula is C14H22N4O2. The number of nitrogens with one attached hydrogen (secondary N) is 1. The third kappa shape index (κ3) is 3.82. The van der Waals surface area contributed by atoms with E-state index in [-0.39, 0.29) is 6.09 Å². The number of likely N-dealkylation sites (tertiary alicyclic amines) is 1. The predicted octanol–water partition coefficient (Wildman–Crippen LogP) is 2.07. The topological polar surface area (TPSA) is 67.3 Å². The van der Waals surface area contributed by atoms with Crippen molar-refractivity contribution >= 4 is 12.0 Å². The second-order valence-corrected chi connectivity index (χ2v) is 4.87. The van der Waals surface area contributed by atoms with E-state index in [2.05, 4.69) is 22.2 Å². The van der Waals surface area contributed by atoms with Crippen molar-refractivity contribution in [1.29, 1.82) is 0 Å². The van der Waals surface area contributed by atoms with Crippen LogP contribution in [0.15, 0.2) is 12.4 Å². The summed E-state index contributed by atoms with van der Waals surface area (Å²) in [4.78, 5) is 21.9. The lowest BCUT2D eigenvalue weighted by atomic mass is 10.1. The van der Waals surface area contributed by atoms with Crippen LogP contribution >= 0.6 is 0 Å². The van der Waals surface area contributed by atoms with Crippen LogP contribution < -0.4 is 5.32 Å². The molecule has 0 aliphatic carbocycles. The molecule has 0 spiro atoms. The number of rotatable bonds is 4. The van der Waals surface area contributed by atoms with E-state index in [1.807, 2.05) is 19.3 Å². The van der Waals surface area contributed by atoms with Crippen molar-refractivity contribution in [2.45, 2.75) is 39.2 Å². The summed E-state index contributed by atoms with van der Waals surface area (Å²) < 4.78 is 5.00. The van der Waals surface area contributed by atoms with Crippen LogP contribution in [0.25, 0.3) is 0 Å². The summed E-state index contributed by atoms with van der Waals surface area (Å²) >= 11 is 0. The first kappa shape index (κ1) is 14.6. The normalized spacial score (nSPS) is 16.0. The Balaban J connectivity index is 1.80. The number of amides is 1. The zero-order valence-corrected chi connectivity index (χ0v) is 12.1. The van der Waals surface area contributed by atoms with Gasteiger partial charge in [0.1, 0.15) is 0 Å². The fourth-order valence-electron chi connectivity index (χ4n) is 2.22. The van der Waals surface area contributed by atoms with Gasteiger partial charge in [-0.1, -0.05) is 6.92 Å². The molecule has 6 heteroatoms. The zero-order chi connectivity index (χ0) is 14.4. The molecule has 0 saturated carbocycles. The molecule has 1 amide bonds. The molecule has 1 N–H and O–H groups in total. The largest absolute Gasteiger partial charge is 0.450 e. The standard InChI is InChI=1S/C14H22N4O2/c1-3-11-9-15-13(16-10-11)17-12-5-7-18(8-6-12)14(19)20-4-2/h9-10,12H,3-8H2,1-2H3,(H,15,16,17). The number of piperidine rings is 1. The molecular weight excluding hydrogens is 256 g/mol. The predicted molar refractivity (Wildman–Crippen MR) is 76.6 cm³/mol. The van der Waals surface area contributed by atoms with Gasteiger partial charge in [-0.05, 0) is 31.7 Å². The van der Waals surface area contributed by atoms with Crippen LogP contribution in [0.1, 0.15) is 32.3 Å². The van der Waals surface area contributed by atoms with Crippen LogP contribution in [0, 0.1) is 0 Å². The third-order valence-corrected chi connectivity index (χ3v) is 3.47. The summed E-state index contributed by atoms with van der Waals surface area (Å²) in [5.74, 6) is 0.664. The molecule has 0 bridgehead atoms. The highest BCUT2D eigenvalue weighted by Gasteiger charge is 2.23. The molecule has 20 heavy (non-hydrogen) atoms. The molecule has 1 aromatic heterocycles. The highest BCUT2D eigenvalue weighted by molar-refractivity contribution is 5.67. The Hall–Kier alpha value is -1.85. The Morgan fingerprint density at radius 2 is 2.00 bits per heavy atom. The van der Waals surface area contributed by atoms with Gasteiger partial charge in [-0.3, -0.25) is 0 Å². The van der Waals surface area contributed by atoms with Crippen molar-refractivity contribution in [3.63, 3.8) is 0 Å². The van der Waals surface area contributed by atoms with Crippen molar-refractivity contribution in [3.8, 4) is 0 Å². The third-order valence-electron chi connectivity index (χ3n) is 3.47. The molecule has 0 unspecified atom stereocenters. The lowest BCUT2D eigenvalue weighted by Gasteiger charge is -2.31. The van der Waals surface area contributed by atoms with Crippen molar-refractivity contribution in [2.75, 3.05) is 25.0 Å². The van der Waals surface area contributed by atoms with E-state index < -0.39 is 0 Å². The van der Waals surface area contributed by atoms with E-state index in [9.17, 15) is 4.79 Å². The zero-order valence-electron chi connectivity index (χ0n) is 12.1. The van der Waals surface area contributed by atoms with E-state index in [1.54, 1.807) is 4.90 Å². The fourth-order valence-corrected chi connectivity index (χ4v) is 2.22. The maximum absolute atomic E-state index is 11.6. The first-order chi connectivity index (χ1) is 9.72. The van der Waals surface area contributed by atoms with Crippen molar-refractivity contribution < 1.29 is 9.53 Å². The molecule has 1 saturated heterocycles. The quantitative estimate of drug-likeness (QED) is 0.913. The lowest BCUT2D eigenvalue weighted by molar-refractivity contribution is 0.0983. The Bertz CT molecular complexity index is 427. The van der Waals surface area contributed by atoms with Gasteiger partial charge in [0.2, 0.25) is 5.95 Å². The molecule has 2 rings (SSSR count). The second-order valence-electron chi connectivity index (χ2n) is 4.87. The molecule has 1 aromatic rings. The summed E-state index contributed by atoms with van der Waals surface area (Å²) in [5, 5.41) is 3.32. The number of nitrogens with zero attached hydrogens (tertiary/aromatic N) is 3. The maximum atomic E-state index is 11.6. The summed E-state index contributed by atoms with van der Waals surface area (Å²) in [7, 11) is 0. The van der Waals surface area contributed by atoms with Gasteiger partial charge in [-0.2, -0.15) is 0 Å².